The molecule has 1 heterocycles. The molecule has 0 aliphatic carbocycles. The molecule has 1 saturated heterocycles. The van der Waals surface area contributed by atoms with Gasteiger partial charge in [-0.1, -0.05) is 245 Å². The highest BCUT2D eigenvalue weighted by Crippen LogP contribution is 2.31. The Labute approximate surface area is 400 Å². The standard InChI is InChI=1S/C58H113N3O3/c1-6-9-12-15-18-21-24-27-28-29-30-33-36-39-42-45-50-59-57(63)58(53-64-54-58)61(52-47-46-51-60(4)5)56(62)55(48-43-40-37-34-31-25-22-19-16-13-10-7-2)49-44-41-38-35-32-26-23-20-17-14-11-8-3/h27-28,55H,6-26,29-54H2,1-5H3,(H,59,63)/b28-27-. The monoisotopic (exact) mass is 900 g/mol. The molecule has 0 saturated carbocycles. The Morgan fingerprint density at radius 3 is 1.17 bits per heavy atom. The number of carbonyl (C=O) groups is 2. The lowest BCUT2D eigenvalue weighted by Gasteiger charge is -2.49. The van der Waals surface area contributed by atoms with Crippen molar-refractivity contribution < 1.29 is 14.3 Å². The van der Waals surface area contributed by atoms with Crippen molar-refractivity contribution in [3.8, 4) is 0 Å². The fourth-order valence-corrected chi connectivity index (χ4v) is 9.75. The second-order valence-electron chi connectivity index (χ2n) is 20.8. The summed E-state index contributed by atoms with van der Waals surface area (Å²) in [6.45, 7) is 9.85. The van der Waals surface area contributed by atoms with Gasteiger partial charge in [0, 0.05) is 19.0 Å². The van der Waals surface area contributed by atoms with Gasteiger partial charge in [-0.05, 0) is 78.4 Å². The smallest absolute Gasteiger partial charge is 0.250 e. The van der Waals surface area contributed by atoms with E-state index in [4.69, 9.17) is 4.74 Å². The van der Waals surface area contributed by atoms with E-state index in [0.717, 1.165) is 57.9 Å². The molecular weight excluding hydrogens is 787 g/mol. The van der Waals surface area contributed by atoms with Crippen LogP contribution in [-0.2, 0) is 14.3 Å². The predicted octanol–water partition coefficient (Wildman–Crippen LogP) is 16.9. The third-order valence-electron chi connectivity index (χ3n) is 14.3. The van der Waals surface area contributed by atoms with Crippen LogP contribution in [0.1, 0.15) is 290 Å². The summed E-state index contributed by atoms with van der Waals surface area (Å²) in [5, 5.41) is 3.31. The van der Waals surface area contributed by atoms with Crippen LogP contribution in [0.4, 0.5) is 0 Å². The fraction of sp³-hybridized carbons (Fsp3) is 0.931. The van der Waals surface area contributed by atoms with E-state index >= 15 is 0 Å². The second kappa shape index (κ2) is 45.4. The molecule has 378 valence electrons. The van der Waals surface area contributed by atoms with E-state index in [1.165, 1.54) is 218 Å². The first-order chi connectivity index (χ1) is 31.4. The van der Waals surface area contributed by atoms with E-state index in [1.807, 2.05) is 4.90 Å². The van der Waals surface area contributed by atoms with Gasteiger partial charge in [-0.25, -0.2) is 0 Å². The van der Waals surface area contributed by atoms with E-state index in [-0.39, 0.29) is 17.7 Å². The van der Waals surface area contributed by atoms with Crippen LogP contribution >= 0.6 is 0 Å². The summed E-state index contributed by atoms with van der Waals surface area (Å²) in [5.74, 6) is 0.245. The molecule has 6 nitrogen and oxygen atoms in total. The average molecular weight is 901 g/mol. The Balaban J connectivity index is 2.70. The van der Waals surface area contributed by atoms with Crippen molar-refractivity contribution in [2.75, 3.05) is 46.9 Å². The summed E-state index contributed by atoms with van der Waals surface area (Å²) in [6, 6.07) is 0. The van der Waals surface area contributed by atoms with E-state index in [2.05, 4.69) is 57.2 Å². The number of hydrogen-bond acceptors (Lipinski definition) is 4. The van der Waals surface area contributed by atoms with Crippen LogP contribution in [0.5, 0.6) is 0 Å². The lowest BCUT2D eigenvalue weighted by atomic mass is 9.87. The van der Waals surface area contributed by atoms with Gasteiger partial charge in [0.1, 0.15) is 0 Å². The number of rotatable bonds is 50. The second-order valence-corrected chi connectivity index (χ2v) is 20.8. The molecule has 0 aromatic heterocycles. The minimum atomic E-state index is -0.858. The zero-order valence-corrected chi connectivity index (χ0v) is 44.1. The number of allylic oxidation sites excluding steroid dienone is 2. The van der Waals surface area contributed by atoms with Crippen LogP contribution in [-0.4, -0.2) is 74.1 Å². The summed E-state index contributed by atoms with van der Waals surface area (Å²) in [5.41, 5.74) is -0.858. The maximum Gasteiger partial charge on any atom is 0.250 e. The molecule has 0 spiro atoms. The largest absolute Gasteiger partial charge is 0.375 e. The topological polar surface area (TPSA) is 61.9 Å². The molecule has 1 aliphatic heterocycles. The molecule has 64 heavy (non-hydrogen) atoms. The first kappa shape index (κ1) is 60.6. The van der Waals surface area contributed by atoms with Crippen molar-refractivity contribution in [3.63, 3.8) is 0 Å². The number of carbonyl (C=O) groups excluding carboxylic acids is 2. The van der Waals surface area contributed by atoms with Gasteiger partial charge in [-0.3, -0.25) is 9.59 Å². The SMILES string of the molecule is CCCCCCCC/C=C\CCCCCCCCNC(=O)C1(N(CCCCN(C)C)C(=O)C(CCCCCCCCCCCCCC)CCCCCCCCCCCCCC)COC1. The zero-order valence-electron chi connectivity index (χ0n) is 44.1. The molecule has 0 radical (unpaired) electrons. The Morgan fingerprint density at radius 1 is 0.469 bits per heavy atom. The molecule has 0 aromatic carbocycles. The van der Waals surface area contributed by atoms with Gasteiger partial charge in [0.25, 0.3) is 5.91 Å². The van der Waals surface area contributed by atoms with Crippen LogP contribution in [0.2, 0.25) is 0 Å². The quantitative estimate of drug-likeness (QED) is 0.0488. The van der Waals surface area contributed by atoms with Crippen LogP contribution < -0.4 is 5.32 Å². The molecule has 0 atom stereocenters. The number of amides is 2. The fourth-order valence-electron chi connectivity index (χ4n) is 9.75. The van der Waals surface area contributed by atoms with Gasteiger partial charge in [0.2, 0.25) is 5.91 Å². The van der Waals surface area contributed by atoms with Crippen LogP contribution in [0.3, 0.4) is 0 Å². The number of nitrogens with one attached hydrogen (secondary N) is 1. The first-order valence-electron chi connectivity index (χ1n) is 28.9. The summed E-state index contributed by atoms with van der Waals surface area (Å²) in [6.07, 6.45) is 58.5. The third-order valence-corrected chi connectivity index (χ3v) is 14.3. The van der Waals surface area contributed by atoms with Gasteiger partial charge in [0.05, 0.1) is 13.2 Å². The van der Waals surface area contributed by atoms with Gasteiger partial charge < -0.3 is 19.9 Å². The highest BCUT2D eigenvalue weighted by Gasteiger charge is 2.53. The van der Waals surface area contributed by atoms with Crippen LogP contribution in [0.25, 0.3) is 0 Å². The molecule has 0 unspecified atom stereocenters. The number of unbranched alkanes of at least 4 members (excludes halogenated alkanes) is 35. The molecule has 0 aromatic rings. The minimum Gasteiger partial charge on any atom is -0.375 e. The summed E-state index contributed by atoms with van der Waals surface area (Å²) in [7, 11) is 4.24. The van der Waals surface area contributed by atoms with Crippen LogP contribution in [0, 0.1) is 5.92 Å². The van der Waals surface area contributed by atoms with Gasteiger partial charge in [0.15, 0.2) is 5.54 Å². The van der Waals surface area contributed by atoms with Crippen molar-refractivity contribution in [2.24, 2.45) is 5.92 Å². The number of nitrogens with zero attached hydrogens (tertiary/aromatic N) is 2. The van der Waals surface area contributed by atoms with E-state index in [9.17, 15) is 9.59 Å². The highest BCUT2D eigenvalue weighted by molar-refractivity contribution is 5.93. The zero-order chi connectivity index (χ0) is 46.4. The van der Waals surface area contributed by atoms with Crippen molar-refractivity contribution in [2.45, 2.75) is 296 Å². The first-order valence-corrected chi connectivity index (χ1v) is 28.9. The molecule has 1 rings (SSSR count). The minimum absolute atomic E-state index is 0.00109. The molecule has 1 N–H and O–H groups in total. The van der Waals surface area contributed by atoms with Crippen LogP contribution in [0.15, 0.2) is 12.2 Å². The Hall–Kier alpha value is -1.40. The molecule has 0 bridgehead atoms. The van der Waals surface area contributed by atoms with Crippen molar-refractivity contribution in [3.05, 3.63) is 12.2 Å². The van der Waals surface area contributed by atoms with Gasteiger partial charge in [-0.2, -0.15) is 0 Å². The Morgan fingerprint density at radius 2 is 0.812 bits per heavy atom. The Kier molecular flexibility index (Phi) is 43.0. The van der Waals surface area contributed by atoms with Crippen molar-refractivity contribution in [1.29, 1.82) is 0 Å². The lowest BCUT2D eigenvalue weighted by molar-refractivity contribution is -0.182. The third kappa shape index (κ3) is 33.1. The molecular formula is C58H113N3O3. The normalized spacial score (nSPS) is 13.7. The van der Waals surface area contributed by atoms with E-state index in [1.54, 1.807) is 0 Å². The molecule has 6 heteroatoms. The lowest BCUT2D eigenvalue weighted by Crippen LogP contribution is -2.72. The number of hydrogen-bond donors (Lipinski definition) is 1. The summed E-state index contributed by atoms with van der Waals surface area (Å²) >= 11 is 0. The highest BCUT2D eigenvalue weighted by atomic mass is 16.5. The Bertz CT molecular complexity index is 1010. The predicted molar refractivity (Wildman–Crippen MR) is 280 cm³/mol. The van der Waals surface area contributed by atoms with E-state index < -0.39 is 5.54 Å². The summed E-state index contributed by atoms with van der Waals surface area (Å²) in [4.78, 5) is 33.3. The number of ether oxygens (including phenoxy) is 1. The molecule has 1 aliphatic rings. The summed E-state index contributed by atoms with van der Waals surface area (Å²) < 4.78 is 5.84. The van der Waals surface area contributed by atoms with Crippen molar-refractivity contribution >= 4 is 11.8 Å². The van der Waals surface area contributed by atoms with E-state index in [0.29, 0.717) is 26.3 Å². The van der Waals surface area contributed by atoms with Gasteiger partial charge >= 0.3 is 0 Å². The van der Waals surface area contributed by atoms with Crippen molar-refractivity contribution in [1.82, 2.24) is 15.1 Å². The molecule has 2 amide bonds. The maximum absolute atomic E-state index is 14.9. The maximum atomic E-state index is 14.9. The molecule has 1 fully saturated rings. The van der Waals surface area contributed by atoms with Gasteiger partial charge in [-0.15, -0.1) is 0 Å². The average Bonchev–Trinajstić information content (AvgIpc) is 3.27.